The Morgan fingerprint density at radius 2 is 1.96 bits per heavy atom. The van der Waals surface area contributed by atoms with Crippen molar-refractivity contribution in [2.24, 2.45) is 11.3 Å². The molecule has 138 valence electrons. The third-order valence-electron chi connectivity index (χ3n) is 6.57. The van der Waals surface area contributed by atoms with Crippen molar-refractivity contribution in [2.75, 3.05) is 0 Å². The monoisotopic (exact) mass is 350 g/mol. The minimum absolute atomic E-state index is 0.0733. The summed E-state index contributed by atoms with van der Waals surface area (Å²) in [7, 11) is 0. The van der Waals surface area contributed by atoms with Crippen molar-refractivity contribution in [3.05, 3.63) is 53.1 Å². The molecule has 1 heterocycles. The van der Waals surface area contributed by atoms with E-state index in [9.17, 15) is 4.79 Å². The number of ketones is 1. The lowest BCUT2D eigenvalue weighted by molar-refractivity contribution is -0.120. The Morgan fingerprint density at radius 3 is 2.77 bits per heavy atom. The van der Waals surface area contributed by atoms with Gasteiger partial charge in [-0.25, -0.2) is 0 Å². The highest BCUT2D eigenvalue weighted by molar-refractivity contribution is 6.06. The van der Waals surface area contributed by atoms with Gasteiger partial charge in [0.25, 0.3) is 0 Å². The molecule has 0 fully saturated rings. The van der Waals surface area contributed by atoms with E-state index in [-0.39, 0.29) is 23.2 Å². The first-order chi connectivity index (χ1) is 12.6. The molecule has 1 aromatic carbocycles. The maximum atomic E-state index is 13.4. The predicted octanol–water partition coefficient (Wildman–Crippen LogP) is 5.98. The number of benzene rings is 1. The number of ether oxygens (including phenoxy) is 1. The molecule has 0 aromatic heterocycles. The zero-order valence-corrected chi connectivity index (χ0v) is 16.3. The summed E-state index contributed by atoms with van der Waals surface area (Å²) in [4.78, 5) is 13.4. The summed E-state index contributed by atoms with van der Waals surface area (Å²) in [6.07, 6.45) is 11.6. The molecule has 0 bridgehead atoms. The van der Waals surface area contributed by atoms with Crippen molar-refractivity contribution >= 4 is 5.78 Å². The highest BCUT2D eigenvalue weighted by Crippen LogP contribution is 2.56. The van der Waals surface area contributed by atoms with Gasteiger partial charge in [-0.2, -0.15) is 0 Å². The van der Waals surface area contributed by atoms with Gasteiger partial charge in [0.1, 0.15) is 11.9 Å². The number of hydrogen-bond acceptors (Lipinski definition) is 2. The first-order valence-electron chi connectivity index (χ1n) is 10.3. The molecule has 0 spiro atoms. The fraction of sp³-hybridized carbons (Fsp3) is 0.542. The fourth-order valence-electron chi connectivity index (χ4n) is 5.32. The van der Waals surface area contributed by atoms with E-state index in [4.69, 9.17) is 4.74 Å². The van der Waals surface area contributed by atoms with E-state index in [0.29, 0.717) is 5.92 Å². The van der Waals surface area contributed by atoms with E-state index in [2.05, 4.69) is 39.0 Å². The van der Waals surface area contributed by atoms with Crippen LogP contribution < -0.4 is 4.74 Å². The molecule has 26 heavy (non-hydrogen) atoms. The Kier molecular flexibility index (Phi) is 4.54. The molecule has 2 heteroatoms. The maximum absolute atomic E-state index is 13.4. The summed E-state index contributed by atoms with van der Waals surface area (Å²) < 4.78 is 6.36. The van der Waals surface area contributed by atoms with Crippen LogP contribution in [0.3, 0.4) is 0 Å². The number of para-hydroxylation sites is 1. The van der Waals surface area contributed by atoms with Crippen molar-refractivity contribution < 1.29 is 9.53 Å². The average molecular weight is 351 g/mol. The van der Waals surface area contributed by atoms with Crippen molar-refractivity contribution in [2.45, 2.75) is 71.3 Å². The van der Waals surface area contributed by atoms with E-state index in [0.717, 1.165) is 23.3 Å². The van der Waals surface area contributed by atoms with E-state index in [1.807, 2.05) is 18.2 Å². The Balaban J connectivity index is 1.69. The molecule has 2 unspecified atom stereocenters. The molecule has 0 radical (unpaired) electrons. The average Bonchev–Trinajstić information content (AvgIpc) is 3.04. The Bertz CT molecular complexity index is 768. The van der Waals surface area contributed by atoms with Crippen LogP contribution in [0.25, 0.3) is 0 Å². The lowest BCUT2D eigenvalue weighted by atomic mass is 9.59. The Morgan fingerprint density at radius 1 is 1.15 bits per heavy atom. The molecule has 3 aliphatic rings. The van der Waals surface area contributed by atoms with Gasteiger partial charge >= 0.3 is 0 Å². The van der Waals surface area contributed by atoms with Gasteiger partial charge in [-0.1, -0.05) is 76.8 Å². The first-order valence-corrected chi connectivity index (χ1v) is 10.3. The van der Waals surface area contributed by atoms with Crippen LogP contribution in [0.5, 0.6) is 5.75 Å². The van der Waals surface area contributed by atoms with E-state index >= 15 is 0 Å². The van der Waals surface area contributed by atoms with Gasteiger partial charge in [0.2, 0.25) is 0 Å². The number of Topliss-reactive ketones (excluding diaryl/α,β-unsaturated/α-hetero) is 1. The van der Waals surface area contributed by atoms with Gasteiger partial charge in [0, 0.05) is 16.6 Å². The quantitative estimate of drug-likeness (QED) is 0.610. The smallest absolute Gasteiger partial charge is 0.174 e. The predicted molar refractivity (Wildman–Crippen MR) is 105 cm³/mol. The summed E-state index contributed by atoms with van der Waals surface area (Å²) in [6, 6.07) is 8.09. The van der Waals surface area contributed by atoms with Crippen LogP contribution in [-0.2, 0) is 4.79 Å². The molecule has 0 N–H and O–H groups in total. The highest BCUT2D eigenvalue weighted by Gasteiger charge is 2.55. The molecule has 1 aromatic rings. The molecule has 0 amide bonds. The summed E-state index contributed by atoms with van der Waals surface area (Å²) in [5, 5.41) is 0. The molecule has 0 saturated heterocycles. The van der Waals surface area contributed by atoms with Crippen LogP contribution >= 0.6 is 0 Å². The standard InChI is InChI=1S/C24H30O2/c1-4-5-6-7-11-16-12-10-14-18-21(16)24(2,3)23-20(22(18)25)17-13-8-9-15-19(17)26-23/h8-10,13-16,20,23H,4-7,11-12H2,1-3H3/t16?,20-,23?/m1/s1. The Hall–Kier alpha value is -1.83. The van der Waals surface area contributed by atoms with E-state index < -0.39 is 0 Å². The van der Waals surface area contributed by atoms with Gasteiger partial charge < -0.3 is 4.74 Å². The van der Waals surface area contributed by atoms with Crippen LogP contribution in [-0.4, -0.2) is 11.9 Å². The van der Waals surface area contributed by atoms with Crippen molar-refractivity contribution in [1.82, 2.24) is 0 Å². The van der Waals surface area contributed by atoms with Crippen molar-refractivity contribution in [3.63, 3.8) is 0 Å². The van der Waals surface area contributed by atoms with Gasteiger partial charge in [-0.05, 0) is 30.4 Å². The number of unbranched alkanes of at least 4 members (excludes halogenated alkanes) is 3. The number of hydrogen-bond donors (Lipinski definition) is 0. The third kappa shape index (κ3) is 2.66. The van der Waals surface area contributed by atoms with Crippen LogP contribution in [0.15, 0.2) is 47.6 Å². The van der Waals surface area contributed by atoms with Crippen molar-refractivity contribution in [3.8, 4) is 5.75 Å². The normalized spacial score (nSPS) is 28.4. The second-order valence-corrected chi connectivity index (χ2v) is 8.65. The molecule has 3 atom stereocenters. The second-order valence-electron chi connectivity index (χ2n) is 8.65. The van der Waals surface area contributed by atoms with Crippen molar-refractivity contribution in [1.29, 1.82) is 0 Å². The zero-order valence-electron chi connectivity index (χ0n) is 16.3. The number of carbonyl (C=O) groups excluding carboxylic acids is 1. The van der Waals surface area contributed by atoms with Crippen LogP contribution in [0, 0.1) is 11.3 Å². The number of fused-ring (bicyclic) bond motifs is 3. The highest BCUT2D eigenvalue weighted by atomic mass is 16.5. The molecular weight excluding hydrogens is 320 g/mol. The number of allylic oxidation sites excluding steroid dienone is 3. The second kappa shape index (κ2) is 6.72. The van der Waals surface area contributed by atoms with E-state index in [1.54, 1.807) is 0 Å². The van der Waals surface area contributed by atoms with Crippen LogP contribution in [0.2, 0.25) is 0 Å². The minimum atomic E-state index is -0.150. The van der Waals surface area contributed by atoms with Gasteiger partial charge in [-0.15, -0.1) is 0 Å². The summed E-state index contributed by atoms with van der Waals surface area (Å²) in [5.74, 6) is 1.50. The number of carbonyl (C=O) groups is 1. The summed E-state index contributed by atoms with van der Waals surface area (Å²) >= 11 is 0. The Labute approximate surface area is 157 Å². The largest absolute Gasteiger partial charge is 0.488 e. The van der Waals surface area contributed by atoms with E-state index in [1.165, 1.54) is 37.7 Å². The van der Waals surface area contributed by atoms with Crippen LogP contribution in [0.1, 0.15) is 70.8 Å². The minimum Gasteiger partial charge on any atom is -0.488 e. The topological polar surface area (TPSA) is 26.3 Å². The summed E-state index contributed by atoms with van der Waals surface area (Å²) in [5.41, 5.74) is 3.28. The molecule has 4 rings (SSSR count). The van der Waals surface area contributed by atoms with Gasteiger partial charge in [0.05, 0.1) is 5.92 Å². The number of rotatable bonds is 5. The lowest BCUT2D eigenvalue weighted by Gasteiger charge is -2.45. The lowest BCUT2D eigenvalue weighted by Crippen LogP contribution is -2.47. The fourth-order valence-corrected chi connectivity index (χ4v) is 5.32. The molecular formula is C24H30O2. The van der Waals surface area contributed by atoms with Gasteiger partial charge in [0.15, 0.2) is 5.78 Å². The SMILES string of the molecule is CCCCCCC1CC=CC2=C1C(C)(C)C1Oc3ccccc3[C@@H]1C2=O. The summed E-state index contributed by atoms with van der Waals surface area (Å²) in [6.45, 7) is 6.83. The molecule has 2 nitrogen and oxygen atoms in total. The third-order valence-corrected chi connectivity index (χ3v) is 6.57. The van der Waals surface area contributed by atoms with Gasteiger partial charge in [-0.3, -0.25) is 4.79 Å². The molecule has 2 aliphatic carbocycles. The zero-order chi connectivity index (χ0) is 18.3. The van der Waals surface area contributed by atoms with Crippen LogP contribution in [0.4, 0.5) is 0 Å². The molecule has 1 aliphatic heterocycles. The first kappa shape index (κ1) is 17.6. The molecule has 0 saturated carbocycles. The maximum Gasteiger partial charge on any atom is 0.174 e.